The van der Waals surface area contributed by atoms with Crippen LogP contribution in [0.4, 0.5) is 0 Å². The van der Waals surface area contributed by atoms with E-state index in [0.29, 0.717) is 22.6 Å². The second-order valence-corrected chi connectivity index (χ2v) is 2.64. The molecule has 2 rings (SSSR count). The lowest BCUT2D eigenvalue weighted by Crippen LogP contribution is -2.27. The van der Waals surface area contributed by atoms with Gasteiger partial charge in [-0.25, -0.2) is 0 Å². The Morgan fingerprint density at radius 3 is 2.92 bits per heavy atom. The SMILES string of the molecule is CCc1c2ccccc2o[n+]1[O-]. The van der Waals surface area contributed by atoms with Gasteiger partial charge in [-0.15, -0.1) is 0 Å². The topological polar surface area (TPSA) is 40.1 Å². The van der Waals surface area contributed by atoms with Crippen LogP contribution < -0.4 is 4.90 Å². The van der Waals surface area contributed by atoms with E-state index < -0.39 is 0 Å². The van der Waals surface area contributed by atoms with Crippen LogP contribution in [0.5, 0.6) is 0 Å². The third-order valence-electron chi connectivity index (χ3n) is 1.93. The summed E-state index contributed by atoms with van der Waals surface area (Å²) < 4.78 is 4.95. The maximum Gasteiger partial charge on any atom is 0.253 e. The number of fused-ring (bicyclic) bond motifs is 1. The number of aryl methyl sites for hydroxylation is 1. The Kier molecular flexibility index (Phi) is 1.50. The van der Waals surface area contributed by atoms with Gasteiger partial charge in [-0.3, -0.25) is 5.21 Å². The smallest absolute Gasteiger partial charge is 0.253 e. The van der Waals surface area contributed by atoms with Gasteiger partial charge >= 0.3 is 0 Å². The molecule has 0 spiro atoms. The minimum Gasteiger partial charge on any atom is -0.366 e. The summed E-state index contributed by atoms with van der Waals surface area (Å²) in [5.74, 6) is 0. The molecule has 1 aromatic carbocycles. The van der Waals surface area contributed by atoms with E-state index in [1.165, 1.54) is 0 Å². The Morgan fingerprint density at radius 2 is 2.17 bits per heavy atom. The van der Waals surface area contributed by atoms with Crippen molar-refractivity contribution in [3.63, 3.8) is 0 Å². The van der Waals surface area contributed by atoms with Crippen LogP contribution in [0.2, 0.25) is 0 Å². The molecule has 0 atom stereocenters. The number of benzene rings is 1. The fourth-order valence-electron chi connectivity index (χ4n) is 1.35. The number of nitrogens with zero attached hydrogens (tertiary/aromatic N) is 1. The molecule has 0 amide bonds. The summed E-state index contributed by atoms with van der Waals surface area (Å²) in [5.41, 5.74) is 1.36. The molecule has 2 aromatic rings. The first-order valence-electron chi connectivity index (χ1n) is 3.93. The Morgan fingerprint density at radius 1 is 1.42 bits per heavy atom. The van der Waals surface area contributed by atoms with Crippen LogP contribution in [0, 0.1) is 5.21 Å². The number of hydrogen-bond donors (Lipinski definition) is 0. The molecule has 0 fully saturated rings. The third-order valence-corrected chi connectivity index (χ3v) is 1.93. The fraction of sp³-hybridized carbons (Fsp3) is 0.222. The van der Waals surface area contributed by atoms with Gasteiger partial charge in [0.2, 0.25) is 0 Å². The Balaban J connectivity index is 2.81. The van der Waals surface area contributed by atoms with E-state index in [9.17, 15) is 5.21 Å². The number of rotatable bonds is 1. The minimum atomic E-state index is 0.588. The van der Waals surface area contributed by atoms with E-state index in [4.69, 9.17) is 4.52 Å². The van der Waals surface area contributed by atoms with Gasteiger partial charge < -0.3 is 4.52 Å². The average molecular weight is 163 g/mol. The highest BCUT2D eigenvalue weighted by atomic mass is 16.7. The van der Waals surface area contributed by atoms with Crippen molar-refractivity contribution in [2.45, 2.75) is 13.3 Å². The highest BCUT2D eigenvalue weighted by Gasteiger charge is 2.12. The molecule has 62 valence electrons. The second-order valence-electron chi connectivity index (χ2n) is 2.64. The molecule has 0 bridgehead atoms. The van der Waals surface area contributed by atoms with Crippen LogP contribution in [0.1, 0.15) is 12.6 Å². The molecule has 0 radical (unpaired) electrons. The molecule has 1 aromatic heterocycles. The molecule has 0 aliphatic carbocycles. The summed E-state index contributed by atoms with van der Waals surface area (Å²) in [5, 5.41) is 12.0. The molecule has 12 heavy (non-hydrogen) atoms. The molecule has 3 nitrogen and oxygen atoms in total. The monoisotopic (exact) mass is 163 g/mol. The van der Waals surface area contributed by atoms with Crippen LogP contribution >= 0.6 is 0 Å². The van der Waals surface area contributed by atoms with Gasteiger partial charge in [0.05, 0.1) is 11.0 Å². The first-order chi connectivity index (χ1) is 5.83. The summed E-state index contributed by atoms with van der Waals surface area (Å²) in [6.45, 7) is 1.94. The van der Waals surface area contributed by atoms with E-state index >= 15 is 0 Å². The molecule has 0 aliphatic heterocycles. The quantitative estimate of drug-likeness (QED) is 0.599. The molecular formula is C9H9NO2. The molecule has 0 unspecified atom stereocenters. The summed E-state index contributed by atoms with van der Waals surface area (Å²) in [6, 6.07) is 7.44. The van der Waals surface area contributed by atoms with Crippen molar-refractivity contribution < 1.29 is 9.43 Å². The maximum atomic E-state index is 11.1. The Labute approximate surface area is 69.8 Å². The Hall–Kier alpha value is -1.51. The van der Waals surface area contributed by atoms with Gasteiger partial charge in [-0.05, 0) is 12.1 Å². The Bertz CT molecular complexity index is 406. The van der Waals surface area contributed by atoms with E-state index in [1.54, 1.807) is 6.07 Å². The van der Waals surface area contributed by atoms with Crippen molar-refractivity contribution in [3.8, 4) is 0 Å². The van der Waals surface area contributed by atoms with Crippen LogP contribution in [-0.2, 0) is 6.42 Å². The van der Waals surface area contributed by atoms with Crippen LogP contribution in [-0.4, -0.2) is 0 Å². The molecular weight excluding hydrogens is 154 g/mol. The van der Waals surface area contributed by atoms with Gasteiger partial charge in [0.25, 0.3) is 5.69 Å². The van der Waals surface area contributed by atoms with Gasteiger partial charge in [0.1, 0.15) is 0 Å². The molecule has 0 saturated carbocycles. The van der Waals surface area contributed by atoms with E-state index in [-0.39, 0.29) is 0 Å². The lowest BCUT2D eigenvalue weighted by molar-refractivity contribution is -0.793. The highest BCUT2D eigenvalue weighted by Crippen LogP contribution is 2.15. The van der Waals surface area contributed by atoms with Crippen LogP contribution in [0.15, 0.2) is 28.8 Å². The van der Waals surface area contributed by atoms with Gasteiger partial charge in [0, 0.05) is 11.3 Å². The van der Waals surface area contributed by atoms with Crippen molar-refractivity contribution >= 4 is 11.0 Å². The first kappa shape index (κ1) is 7.16. The highest BCUT2D eigenvalue weighted by molar-refractivity contribution is 5.77. The summed E-state index contributed by atoms with van der Waals surface area (Å²) in [6.07, 6.45) is 0.695. The minimum absolute atomic E-state index is 0.588. The predicted octanol–water partition coefficient (Wildman–Crippen LogP) is 1.63. The normalized spacial score (nSPS) is 10.8. The van der Waals surface area contributed by atoms with Crippen molar-refractivity contribution in [3.05, 3.63) is 35.2 Å². The summed E-state index contributed by atoms with van der Waals surface area (Å²) in [4.78, 5) is 0.588. The number of para-hydroxylation sites is 1. The number of aromatic nitrogens is 1. The average Bonchev–Trinajstić information content (AvgIpc) is 2.40. The zero-order chi connectivity index (χ0) is 8.55. The van der Waals surface area contributed by atoms with Crippen LogP contribution in [0.3, 0.4) is 0 Å². The fourth-order valence-corrected chi connectivity index (χ4v) is 1.35. The van der Waals surface area contributed by atoms with E-state index in [0.717, 1.165) is 5.39 Å². The zero-order valence-corrected chi connectivity index (χ0v) is 6.78. The van der Waals surface area contributed by atoms with Gasteiger partial charge in [-0.1, -0.05) is 19.1 Å². The van der Waals surface area contributed by atoms with Crippen molar-refractivity contribution in [2.75, 3.05) is 0 Å². The largest absolute Gasteiger partial charge is 0.366 e. The standard InChI is InChI=1S/C9H9NO2/c1-2-8-7-5-3-4-6-9(7)12-10(8)11/h3-6H,2H2,1H3. The van der Waals surface area contributed by atoms with Crippen LogP contribution in [0.25, 0.3) is 11.0 Å². The van der Waals surface area contributed by atoms with Gasteiger partial charge in [-0.2, -0.15) is 0 Å². The van der Waals surface area contributed by atoms with Crippen molar-refractivity contribution in [2.24, 2.45) is 0 Å². The second kappa shape index (κ2) is 2.52. The lowest BCUT2D eigenvalue weighted by Gasteiger charge is -1.84. The summed E-state index contributed by atoms with van der Waals surface area (Å²) in [7, 11) is 0. The maximum absolute atomic E-state index is 11.1. The lowest BCUT2D eigenvalue weighted by atomic mass is 10.2. The molecule has 0 saturated heterocycles. The van der Waals surface area contributed by atoms with Crippen molar-refractivity contribution in [1.82, 2.24) is 0 Å². The molecule has 3 heteroatoms. The molecule has 1 heterocycles. The summed E-state index contributed by atoms with van der Waals surface area (Å²) >= 11 is 0. The van der Waals surface area contributed by atoms with Crippen molar-refractivity contribution in [1.29, 1.82) is 0 Å². The van der Waals surface area contributed by atoms with Gasteiger partial charge in [0.15, 0.2) is 0 Å². The first-order valence-corrected chi connectivity index (χ1v) is 3.93. The van der Waals surface area contributed by atoms with E-state index in [2.05, 4.69) is 0 Å². The zero-order valence-electron chi connectivity index (χ0n) is 6.78. The van der Waals surface area contributed by atoms with E-state index in [1.807, 2.05) is 25.1 Å². The predicted molar refractivity (Wildman–Crippen MR) is 44.6 cm³/mol. The third kappa shape index (κ3) is 0.863. The molecule has 0 aliphatic rings. The number of hydrogen-bond acceptors (Lipinski definition) is 2. The molecule has 0 N–H and O–H groups in total.